The van der Waals surface area contributed by atoms with Crippen molar-refractivity contribution < 1.29 is 0 Å². The lowest BCUT2D eigenvalue weighted by Crippen LogP contribution is -2.26. The minimum Gasteiger partial charge on any atom is -0.208 e. The molecule has 0 radical (unpaired) electrons. The summed E-state index contributed by atoms with van der Waals surface area (Å²) in [6.07, 6.45) is 20.5. The quantitative estimate of drug-likeness (QED) is 0.137. The van der Waals surface area contributed by atoms with Gasteiger partial charge >= 0.3 is 0 Å². The van der Waals surface area contributed by atoms with Gasteiger partial charge in [-0.1, -0.05) is 178 Å². The van der Waals surface area contributed by atoms with Gasteiger partial charge in [0.15, 0.2) is 17.5 Å². The van der Waals surface area contributed by atoms with Crippen LogP contribution in [-0.2, 0) is 5.41 Å². The van der Waals surface area contributed by atoms with Crippen molar-refractivity contribution in [2.24, 2.45) is 0 Å². The molecule has 3 nitrogen and oxygen atoms in total. The van der Waals surface area contributed by atoms with Crippen molar-refractivity contribution in [1.82, 2.24) is 15.0 Å². The Hall–Kier alpha value is -5.93. The molecule has 3 heteroatoms. The van der Waals surface area contributed by atoms with Crippen molar-refractivity contribution in [3.05, 3.63) is 181 Å². The smallest absolute Gasteiger partial charge is 0.164 e. The Morgan fingerprint density at radius 3 is 2.04 bits per heavy atom. The van der Waals surface area contributed by atoms with Crippen molar-refractivity contribution in [1.29, 1.82) is 0 Å². The molecule has 1 aromatic heterocycles. The lowest BCUT2D eigenvalue weighted by molar-refractivity contribution is 0.357. The van der Waals surface area contributed by atoms with Crippen LogP contribution in [0, 0.1) is 0 Å². The zero-order valence-electron chi connectivity index (χ0n) is 29.3. The fraction of sp³-hybridized carbons (Fsp3) is 0.146. The number of allylic oxidation sites excluding steroid dienone is 6. The highest BCUT2D eigenvalue weighted by atomic mass is 15.0. The summed E-state index contributed by atoms with van der Waals surface area (Å²) in [6.45, 7) is 10.2. The van der Waals surface area contributed by atoms with Gasteiger partial charge in [-0.25, -0.2) is 15.0 Å². The SMILES string of the molecule is C=C/C(=C\C=C\C1(c2ccc(-c3ccc4ccccc4c3)cc2)CCCCC1)c1nc(-c2ccccc2)nc(-c2ccc(C=C)c(/C=C\C)c2)n1. The number of rotatable bonds is 10. The molecule has 1 heterocycles. The van der Waals surface area contributed by atoms with Gasteiger partial charge in [0.1, 0.15) is 0 Å². The van der Waals surface area contributed by atoms with E-state index in [1.165, 1.54) is 46.7 Å². The van der Waals surface area contributed by atoms with Gasteiger partial charge in [0.05, 0.1) is 0 Å². The van der Waals surface area contributed by atoms with Gasteiger partial charge in [-0.05, 0) is 70.5 Å². The Morgan fingerprint density at radius 2 is 1.31 bits per heavy atom. The molecule has 7 rings (SSSR count). The summed E-state index contributed by atoms with van der Waals surface area (Å²) in [7, 11) is 0. The normalized spacial score (nSPS) is 14.6. The maximum absolute atomic E-state index is 5.01. The van der Waals surface area contributed by atoms with Gasteiger partial charge in [0.2, 0.25) is 0 Å². The van der Waals surface area contributed by atoms with E-state index in [4.69, 9.17) is 15.0 Å². The summed E-state index contributed by atoms with van der Waals surface area (Å²) in [5, 5.41) is 2.53. The number of fused-ring (bicyclic) bond motifs is 1. The maximum atomic E-state index is 5.01. The van der Waals surface area contributed by atoms with Gasteiger partial charge in [-0.2, -0.15) is 0 Å². The van der Waals surface area contributed by atoms with Gasteiger partial charge in [-0.3, -0.25) is 0 Å². The average molecular weight is 662 g/mol. The molecule has 0 bridgehead atoms. The van der Waals surface area contributed by atoms with Gasteiger partial charge < -0.3 is 0 Å². The van der Waals surface area contributed by atoms with E-state index < -0.39 is 0 Å². The molecule has 6 aromatic rings. The highest BCUT2D eigenvalue weighted by Crippen LogP contribution is 2.41. The number of hydrogen-bond donors (Lipinski definition) is 0. The monoisotopic (exact) mass is 661 g/mol. The van der Waals surface area contributed by atoms with E-state index in [9.17, 15) is 0 Å². The van der Waals surface area contributed by atoms with E-state index in [1.54, 1.807) is 0 Å². The van der Waals surface area contributed by atoms with Crippen LogP contribution in [0.1, 0.15) is 61.5 Å². The van der Waals surface area contributed by atoms with E-state index in [2.05, 4.69) is 116 Å². The molecule has 1 aliphatic carbocycles. The molecule has 0 saturated heterocycles. The Kier molecular flexibility index (Phi) is 10.1. The van der Waals surface area contributed by atoms with E-state index in [1.807, 2.05) is 61.5 Å². The molecule has 5 aromatic carbocycles. The molecule has 1 saturated carbocycles. The van der Waals surface area contributed by atoms with Crippen LogP contribution in [0.5, 0.6) is 0 Å². The first kappa shape index (κ1) is 33.6. The van der Waals surface area contributed by atoms with Gasteiger partial charge in [0.25, 0.3) is 0 Å². The molecule has 0 aliphatic heterocycles. The van der Waals surface area contributed by atoms with Crippen molar-refractivity contribution in [2.75, 3.05) is 0 Å². The van der Waals surface area contributed by atoms with Crippen LogP contribution in [0.4, 0.5) is 0 Å². The van der Waals surface area contributed by atoms with Crippen molar-refractivity contribution in [2.45, 2.75) is 44.4 Å². The molecule has 250 valence electrons. The molecule has 1 aliphatic rings. The van der Waals surface area contributed by atoms with Crippen LogP contribution in [0.25, 0.3) is 62.4 Å². The van der Waals surface area contributed by atoms with Crippen LogP contribution < -0.4 is 0 Å². The predicted molar refractivity (Wildman–Crippen MR) is 217 cm³/mol. The summed E-state index contributed by atoms with van der Waals surface area (Å²) in [4.78, 5) is 14.9. The molecule has 51 heavy (non-hydrogen) atoms. The second-order valence-electron chi connectivity index (χ2n) is 13.3. The lowest BCUT2D eigenvalue weighted by atomic mass is 9.69. The Bertz CT molecular complexity index is 2270. The summed E-state index contributed by atoms with van der Waals surface area (Å²) >= 11 is 0. The van der Waals surface area contributed by atoms with Crippen molar-refractivity contribution >= 4 is 28.5 Å². The molecule has 0 atom stereocenters. The third-order valence-electron chi connectivity index (χ3n) is 10.0. The molecule has 0 unspecified atom stereocenters. The fourth-order valence-electron chi connectivity index (χ4n) is 7.24. The molecular weight excluding hydrogens is 619 g/mol. The van der Waals surface area contributed by atoms with E-state index in [0.717, 1.165) is 40.7 Å². The zero-order chi connectivity index (χ0) is 35.0. The second-order valence-corrected chi connectivity index (χ2v) is 13.3. The van der Waals surface area contributed by atoms with E-state index >= 15 is 0 Å². The Morgan fingerprint density at radius 1 is 0.627 bits per heavy atom. The number of aromatic nitrogens is 3. The molecular formula is C48H43N3. The standard InChI is InChI=1S/C48H43N3/c1-4-16-40-34-43(25-22-35(40)5-2)47-50-45(49-46(51-47)39-18-9-7-10-19-39)36(6-3)21-15-32-48(30-13-8-14-31-48)44-28-26-38(27-29-44)42-24-23-37-17-11-12-20-41(37)33-42/h4-7,9-12,15-29,32-34H,2-3,8,13-14,30-31H2,1H3/b16-4-,32-15+,36-21+. The van der Waals surface area contributed by atoms with Gasteiger partial charge in [0, 0.05) is 22.1 Å². The first-order valence-corrected chi connectivity index (χ1v) is 17.9. The van der Waals surface area contributed by atoms with Crippen molar-refractivity contribution in [3.63, 3.8) is 0 Å². The molecule has 0 N–H and O–H groups in total. The van der Waals surface area contributed by atoms with Crippen LogP contribution >= 0.6 is 0 Å². The molecule has 0 spiro atoms. The van der Waals surface area contributed by atoms with Crippen LogP contribution in [-0.4, -0.2) is 15.0 Å². The maximum Gasteiger partial charge on any atom is 0.164 e. The Labute approximate surface area is 302 Å². The third-order valence-corrected chi connectivity index (χ3v) is 10.0. The fourth-order valence-corrected chi connectivity index (χ4v) is 7.24. The minimum atomic E-state index is -0.0293. The van der Waals surface area contributed by atoms with E-state index in [-0.39, 0.29) is 5.41 Å². The largest absolute Gasteiger partial charge is 0.208 e. The summed E-state index contributed by atoms with van der Waals surface area (Å²) in [5.41, 5.74) is 8.65. The second kappa shape index (κ2) is 15.3. The topological polar surface area (TPSA) is 38.7 Å². The summed E-state index contributed by atoms with van der Waals surface area (Å²) in [6, 6.07) is 40.8. The van der Waals surface area contributed by atoms with Crippen LogP contribution in [0.2, 0.25) is 0 Å². The molecule has 1 fully saturated rings. The number of hydrogen-bond acceptors (Lipinski definition) is 3. The van der Waals surface area contributed by atoms with Crippen molar-refractivity contribution in [3.8, 4) is 33.9 Å². The van der Waals surface area contributed by atoms with Crippen LogP contribution in [0.3, 0.4) is 0 Å². The van der Waals surface area contributed by atoms with Gasteiger partial charge in [-0.15, -0.1) is 0 Å². The minimum absolute atomic E-state index is 0.0293. The molecule has 0 amide bonds. The van der Waals surface area contributed by atoms with Crippen LogP contribution in [0.15, 0.2) is 159 Å². The van der Waals surface area contributed by atoms with E-state index in [0.29, 0.717) is 17.5 Å². The number of benzene rings is 5. The zero-order valence-corrected chi connectivity index (χ0v) is 29.3. The summed E-state index contributed by atoms with van der Waals surface area (Å²) < 4.78 is 0. The first-order chi connectivity index (χ1) is 25.1. The summed E-state index contributed by atoms with van der Waals surface area (Å²) in [5.74, 6) is 1.84. The highest BCUT2D eigenvalue weighted by Gasteiger charge is 2.31. The number of nitrogens with zero attached hydrogens (tertiary/aromatic N) is 3. The third kappa shape index (κ3) is 7.34. The lowest BCUT2D eigenvalue weighted by Gasteiger charge is -2.35. The first-order valence-electron chi connectivity index (χ1n) is 17.9. The highest BCUT2D eigenvalue weighted by molar-refractivity contribution is 5.87. The predicted octanol–water partition coefficient (Wildman–Crippen LogP) is 12.7. The average Bonchev–Trinajstić information content (AvgIpc) is 3.20. The Balaban J connectivity index is 1.24.